The average molecular weight is 1300 g/mol. The van der Waals surface area contributed by atoms with E-state index in [0.29, 0.717) is 0 Å². The summed E-state index contributed by atoms with van der Waals surface area (Å²) in [5.41, 5.74) is -12.5. The van der Waals surface area contributed by atoms with E-state index in [4.69, 9.17) is 4.74 Å². The molecule has 0 saturated carbocycles. The third kappa shape index (κ3) is 26.4. The molecule has 0 aromatic carbocycles. The Labute approximate surface area is 532 Å². The molecule has 0 radical (unpaired) electrons. The normalized spacial score (nSPS) is 14.8. The molecular formula is C58H101N15O18. The minimum atomic E-state index is -1.73. The molecule has 0 aromatic rings. The van der Waals surface area contributed by atoms with Gasteiger partial charge in [-0.2, -0.15) is 0 Å². The van der Waals surface area contributed by atoms with Gasteiger partial charge in [0.25, 0.3) is 0 Å². The molecule has 15 amide bonds. The van der Waals surface area contributed by atoms with Crippen molar-refractivity contribution in [3.8, 4) is 0 Å². The number of alkyl carbamates (subject to hydrolysis) is 1. The Bertz CT molecular complexity index is 2800. The van der Waals surface area contributed by atoms with Crippen LogP contribution in [0.4, 0.5) is 4.79 Å². The lowest BCUT2D eigenvalue weighted by Crippen LogP contribution is -2.65. The summed E-state index contributed by atoms with van der Waals surface area (Å²) in [6.45, 7) is 34.2. The van der Waals surface area contributed by atoms with Crippen LogP contribution in [0.2, 0.25) is 0 Å². The maximum absolute atomic E-state index is 13.5. The maximum atomic E-state index is 13.5. The van der Waals surface area contributed by atoms with Gasteiger partial charge in [0, 0.05) is 0 Å². The molecule has 15 N–H and O–H groups in total. The summed E-state index contributed by atoms with van der Waals surface area (Å²) in [5, 5.41) is 36.9. The molecule has 0 fully saturated rings. The molecule has 0 aliphatic carbocycles. The first-order valence-corrected chi connectivity index (χ1v) is 29.3. The van der Waals surface area contributed by atoms with Gasteiger partial charge < -0.3 is 89.2 Å². The van der Waals surface area contributed by atoms with Crippen molar-refractivity contribution in [2.24, 2.45) is 0 Å². The Morgan fingerprint density at radius 2 is 0.385 bits per heavy atom. The van der Waals surface area contributed by atoms with E-state index < -0.39 is 187 Å². The van der Waals surface area contributed by atoms with Crippen LogP contribution in [-0.4, -0.2) is 195 Å². The number of carbonyl (C=O) groups is 16. The number of carbonyl (C=O) groups excluding carboxylic acids is 16. The second-order valence-electron chi connectivity index (χ2n) is 27.1. The third-order valence-corrected chi connectivity index (χ3v) is 13.5. The molecule has 0 saturated heterocycles. The molecule has 0 unspecified atom stereocenters. The van der Waals surface area contributed by atoms with Crippen LogP contribution in [0.5, 0.6) is 0 Å². The summed E-state index contributed by atoms with van der Waals surface area (Å²) < 4.78 is 9.74. The molecule has 0 bridgehead atoms. The van der Waals surface area contributed by atoms with E-state index in [2.05, 4.69) is 84.5 Å². The molecule has 0 aromatic heterocycles. The smallest absolute Gasteiger partial charge is 0.408 e. The van der Waals surface area contributed by atoms with Crippen LogP contribution in [0.3, 0.4) is 0 Å². The monoisotopic (exact) mass is 1300 g/mol. The van der Waals surface area contributed by atoms with Crippen molar-refractivity contribution in [1.29, 1.82) is 0 Å². The van der Waals surface area contributed by atoms with E-state index in [9.17, 15) is 76.7 Å². The predicted octanol–water partition coefficient (Wildman–Crippen LogP) is -3.13. The summed E-state index contributed by atoms with van der Waals surface area (Å²) in [5.74, 6) is -12.2. The van der Waals surface area contributed by atoms with Crippen LogP contribution in [0.25, 0.3) is 0 Å². The molecule has 0 aliphatic heterocycles. The standard InChI is InChI=1S/C58H101N15O18/c1-27(60-44(83)53(14,15)69-37(76)29(3)62-46(85)55(18,19)71-39(78)31(5)64-48(87)57(22,23)73-41(80)33(7)66-50(89)91-51(9,10)11)35(74)67-52(12,13)43(82)59-28(2)36(75)68-54(16,17)45(84)61-30(4)38(77)70-56(20,21)47(86)63-32(6)40(79)72-58(24,25)49(88)65-34(8)42(81)90-26/h27-34H,1-26H3,(H,59,82)(H,60,83)(H,61,84)(H,62,85)(H,63,86)(H,64,87)(H,65,88)(H,66,89)(H,67,74)(H,68,75)(H,69,76)(H,70,77)(H,71,78)(H,72,79)(H,73,80)/t27-,28-,29-,30-,31-,32-,33-,34-/m0/s1. The van der Waals surface area contributed by atoms with Crippen molar-refractivity contribution in [2.45, 2.75) is 266 Å². The average Bonchev–Trinajstić information content (AvgIpc) is 1.06. The molecule has 0 spiro atoms. The van der Waals surface area contributed by atoms with Crippen LogP contribution < -0.4 is 79.8 Å². The summed E-state index contributed by atoms with van der Waals surface area (Å²) >= 11 is 0. The number of hydrogen-bond donors (Lipinski definition) is 15. The fraction of sp³-hybridized carbons (Fsp3) is 0.724. The first kappa shape index (κ1) is 82.3. The Balaban J connectivity index is 5.46. The molecule has 33 nitrogen and oxygen atoms in total. The largest absolute Gasteiger partial charge is 0.467 e. The van der Waals surface area contributed by atoms with Crippen molar-refractivity contribution in [2.75, 3.05) is 7.11 Å². The topological polar surface area (TPSA) is 472 Å². The van der Waals surface area contributed by atoms with Gasteiger partial charge in [-0.25, -0.2) is 9.59 Å². The van der Waals surface area contributed by atoms with Gasteiger partial charge in [0.05, 0.1) is 7.11 Å². The number of esters is 1. The number of nitrogens with one attached hydrogen (secondary N) is 15. The van der Waals surface area contributed by atoms with E-state index in [1.807, 2.05) is 0 Å². The lowest BCUT2D eigenvalue weighted by atomic mass is 10.0. The Morgan fingerprint density at radius 1 is 0.242 bits per heavy atom. The summed E-state index contributed by atoms with van der Waals surface area (Å²) in [4.78, 5) is 209. The Morgan fingerprint density at radius 3 is 0.527 bits per heavy atom. The molecule has 8 atom stereocenters. The molecule has 0 rings (SSSR count). The zero-order valence-corrected chi connectivity index (χ0v) is 57.5. The van der Waals surface area contributed by atoms with E-state index in [1.165, 1.54) is 152 Å². The highest BCUT2D eigenvalue weighted by molar-refractivity contribution is 6.02. The van der Waals surface area contributed by atoms with Gasteiger partial charge >= 0.3 is 12.1 Å². The van der Waals surface area contributed by atoms with Crippen molar-refractivity contribution in [3.05, 3.63) is 0 Å². The van der Waals surface area contributed by atoms with Gasteiger partial charge in [0.15, 0.2) is 0 Å². The van der Waals surface area contributed by atoms with Gasteiger partial charge in [-0.1, -0.05) is 0 Å². The highest BCUT2D eigenvalue weighted by Gasteiger charge is 2.42. The number of ether oxygens (including phenoxy) is 2. The van der Waals surface area contributed by atoms with E-state index in [0.717, 1.165) is 7.11 Å². The van der Waals surface area contributed by atoms with Crippen LogP contribution in [0.15, 0.2) is 0 Å². The van der Waals surface area contributed by atoms with E-state index in [-0.39, 0.29) is 0 Å². The van der Waals surface area contributed by atoms with Crippen LogP contribution in [0, 0.1) is 0 Å². The highest BCUT2D eigenvalue weighted by atomic mass is 16.6. The van der Waals surface area contributed by atoms with E-state index >= 15 is 0 Å². The van der Waals surface area contributed by atoms with Gasteiger partial charge in [-0.15, -0.1) is 0 Å². The summed E-state index contributed by atoms with van der Waals surface area (Å²) in [6, 6.07) is -9.84. The second-order valence-corrected chi connectivity index (χ2v) is 27.1. The number of methoxy groups -OCH3 is 1. The number of hydrogen-bond acceptors (Lipinski definition) is 18. The lowest BCUT2D eigenvalue weighted by Gasteiger charge is -2.32. The molecule has 91 heavy (non-hydrogen) atoms. The minimum Gasteiger partial charge on any atom is -0.467 e. The molecular weight excluding hydrogens is 1190 g/mol. The second kappa shape index (κ2) is 31.9. The van der Waals surface area contributed by atoms with Crippen molar-refractivity contribution in [3.63, 3.8) is 0 Å². The zero-order chi connectivity index (χ0) is 71.9. The van der Waals surface area contributed by atoms with E-state index in [1.54, 1.807) is 20.8 Å². The fourth-order valence-electron chi connectivity index (χ4n) is 7.13. The minimum absolute atomic E-state index is 0.712. The van der Waals surface area contributed by atoms with Crippen LogP contribution in [-0.2, 0) is 81.4 Å². The zero-order valence-electron chi connectivity index (χ0n) is 57.5. The molecule has 33 heteroatoms. The van der Waals surface area contributed by atoms with Crippen LogP contribution in [0.1, 0.15) is 173 Å². The van der Waals surface area contributed by atoms with Crippen LogP contribution >= 0.6 is 0 Å². The predicted molar refractivity (Wildman–Crippen MR) is 330 cm³/mol. The molecule has 0 heterocycles. The maximum Gasteiger partial charge on any atom is 0.408 e. The summed E-state index contributed by atoms with van der Waals surface area (Å²) in [7, 11) is 1.15. The van der Waals surface area contributed by atoms with Gasteiger partial charge in [-0.3, -0.25) is 67.1 Å². The third-order valence-electron chi connectivity index (χ3n) is 13.5. The first-order chi connectivity index (χ1) is 40.8. The highest BCUT2D eigenvalue weighted by Crippen LogP contribution is 2.13. The van der Waals surface area contributed by atoms with Gasteiger partial charge in [0.2, 0.25) is 82.7 Å². The summed E-state index contributed by atoms with van der Waals surface area (Å²) in [6.07, 6.45) is -0.853. The van der Waals surface area contributed by atoms with Crippen molar-refractivity contribution >= 4 is 94.8 Å². The SMILES string of the molecule is COC(=O)[C@H](C)NC(=O)C(C)(C)NC(=O)[C@H](C)NC(=O)C(C)(C)NC(=O)[C@H](C)NC(=O)C(C)(C)NC(=O)[C@H](C)NC(=O)C(C)(C)NC(=O)[C@H](C)NC(=O)C(C)(C)NC(=O)[C@H](C)NC(=O)C(C)(C)NC(=O)[C@H](C)NC(=O)C(C)(C)NC(=O)[C@H](C)NC(=O)OC(C)(C)C. The van der Waals surface area contributed by atoms with Gasteiger partial charge in [-0.05, 0) is 173 Å². The molecule has 516 valence electrons. The Hall–Kier alpha value is -8.68. The Kier molecular flexibility index (Phi) is 28.8. The number of rotatable bonds is 30. The van der Waals surface area contributed by atoms with Gasteiger partial charge in [0.1, 0.15) is 92.7 Å². The lowest BCUT2D eigenvalue weighted by molar-refractivity contribution is -0.145. The quantitative estimate of drug-likeness (QED) is 0.0316. The van der Waals surface area contributed by atoms with Crippen molar-refractivity contribution in [1.82, 2.24) is 79.8 Å². The van der Waals surface area contributed by atoms with Crippen molar-refractivity contribution < 1.29 is 86.2 Å². The molecule has 0 aliphatic rings. The first-order valence-electron chi connectivity index (χ1n) is 29.3. The number of amides is 15. The fourth-order valence-corrected chi connectivity index (χ4v) is 7.13.